The lowest BCUT2D eigenvalue weighted by molar-refractivity contribution is 0.100. The molecule has 0 saturated heterocycles. The fraction of sp³-hybridized carbons (Fsp3) is 0.476. The Bertz CT molecular complexity index is 969. The third-order valence-corrected chi connectivity index (χ3v) is 6.95. The highest BCUT2D eigenvalue weighted by molar-refractivity contribution is 5.46. The number of hydrogen-bond donors (Lipinski definition) is 0. The van der Waals surface area contributed by atoms with E-state index in [-0.39, 0.29) is 28.0 Å². The predicted molar refractivity (Wildman–Crippen MR) is 97.9 cm³/mol. The summed E-state index contributed by atoms with van der Waals surface area (Å²) in [6.45, 7) is 10.9. The summed E-state index contributed by atoms with van der Waals surface area (Å²) in [6, 6.07) is 3.35. The second-order valence-corrected chi connectivity index (χ2v) is 8.34. The van der Waals surface area contributed by atoms with Crippen LogP contribution < -0.4 is 5.56 Å². The van der Waals surface area contributed by atoms with Gasteiger partial charge in [-0.1, -0.05) is 33.3 Å². The van der Waals surface area contributed by atoms with Crippen LogP contribution in [-0.2, 0) is 12.0 Å². The summed E-state index contributed by atoms with van der Waals surface area (Å²) in [5.41, 5.74) is 1.52. The number of hydrogen-bond acceptors (Lipinski definition) is 1. The standard InChI is InChI=1S/C21H24F2N2O/c1-5-11-24-18-17(14-7-6-10-21(18,4)20(14,2)3)19(26)25(24)16-9-8-13(22)12-15(16)23/h5,8-9,12,14H,1,6-7,10-11H2,2-4H3/t14?,21-/m0/s1. The first kappa shape index (κ1) is 17.3. The van der Waals surface area contributed by atoms with Gasteiger partial charge < -0.3 is 0 Å². The molecule has 0 aliphatic heterocycles. The van der Waals surface area contributed by atoms with E-state index in [1.54, 1.807) is 6.08 Å². The Morgan fingerprint density at radius 3 is 2.69 bits per heavy atom. The Hall–Kier alpha value is -2.17. The van der Waals surface area contributed by atoms with E-state index >= 15 is 0 Å². The van der Waals surface area contributed by atoms with Crippen LogP contribution in [0.1, 0.15) is 57.2 Å². The Kier molecular flexibility index (Phi) is 3.59. The predicted octanol–water partition coefficient (Wildman–Crippen LogP) is 4.67. The van der Waals surface area contributed by atoms with Crippen molar-refractivity contribution < 1.29 is 8.78 Å². The van der Waals surface area contributed by atoms with Crippen molar-refractivity contribution in [2.24, 2.45) is 5.41 Å². The van der Waals surface area contributed by atoms with E-state index in [1.165, 1.54) is 16.8 Å². The van der Waals surface area contributed by atoms with Crippen LogP contribution in [0.25, 0.3) is 5.69 Å². The molecule has 1 unspecified atom stereocenters. The van der Waals surface area contributed by atoms with E-state index in [1.807, 2.05) is 4.68 Å². The molecule has 3 nitrogen and oxygen atoms in total. The Morgan fingerprint density at radius 2 is 2.04 bits per heavy atom. The van der Waals surface area contributed by atoms with Gasteiger partial charge in [-0.25, -0.2) is 13.5 Å². The van der Waals surface area contributed by atoms with Crippen LogP contribution >= 0.6 is 0 Å². The van der Waals surface area contributed by atoms with Gasteiger partial charge >= 0.3 is 0 Å². The number of allylic oxidation sites excluding steroid dienone is 1. The monoisotopic (exact) mass is 358 g/mol. The zero-order chi connectivity index (χ0) is 18.9. The maximum atomic E-state index is 14.5. The summed E-state index contributed by atoms with van der Waals surface area (Å²) in [7, 11) is 0. The molecular formula is C21H24F2N2O. The van der Waals surface area contributed by atoms with Gasteiger partial charge in [0.1, 0.15) is 11.5 Å². The van der Waals surface area contributed by atoms with E-state index in [0.29, 0.717) is 6.54 Å². The van der Waals surface area contributed by atoms with Gasteiger partial charge in [-0.05, 0) is 36.3 Å². The first-order valence-electron chi connectivity index (χ1n) is 9.16. The van der Waals surface area contributed by atoms with Gasteiger partial charge in [-0.2, -0.15) is 0 Å². The maximum Gasteiger partial charge on any atom is 0.275 e. The normalized spacial score (nSPS) is 26.0. The van der Waals surface area contributed by atoms with E-state index in [0.717, 1.165) is 36.6 Å². The van der Waals surface area contributed by atoms with E-state index in [4.69, 9.17) is 0 Å². The Balaban J connectivity index is 2.07. The number of fused-ring (bicyclic) bond motifs is 5. The van der Waals surface area contributed by atoms with Crippen LogP contribution in [0.5, 0.6) is 0 Å². The third kappa shape index (κ3) is 1.94. The molecule has 26 heavy (non-hydrogen) atoms. The van der Waals surface area contributed by atoms with E-state index < -0.39 is 11.6 Å². The van der Waals surface area contributed by atoms with Crippen LogP contribution in [0.3, 0.4) is 0 Å². The molecule has 2 atom stereocenters. The number of rotatable bonds is 3. The molecule has 1 aromatic carbocycles. The van der Waals surface area contributed by atoms with Gasteiger partial charge in [0.05, 0.1) is 12.2 Å². The fourth-order valence-electron chi connectivity index (χ4n) is 5.30. The molecule has 0 radical (unpaired) electrons. The van der Waals surface area contributed by atoms with Gasteiger partial charge in [0.25, 0.3) is 5.56 Å². The molecular weight excluding hydrogens is 334 g/mol. The van der Waals surface area contributed by atoms with Gasteiger partial charge in [-0.15, -0.1) is 6.58 Å². The molecule has 138 valence electrons. The largest absolute Gasteiger partial charge is 0.277 e. The van der Waals surface area contributed by atoms with Crippen molar-refractivity contribution in [1.82, 2.24) is 9.36 Å². The van der Waals surface area contributed by atoms with E-state index in [2.05, 4.69) is 27.4 Å². The highest BCUT2D eigenvalue weighted by Crippen LogP contribution is 2.64. The minimum atomic E-state index is -0.733. The fourth-order valence-corrected chi connectivity index (χ4v) is 5.30. The SMILES string of the molecule is C=CCn1c2c(c(=O)n1-c1ccc(F)cc1F)C1CCC[C@]2(C)C1(C)C. The van der Waals surface area contributed by atoms with Crippen molar-refractivity contribution in [1.29, 1.82) is 0 Å². The van der Waals surface area contributed by atoms with Crippen molar-refractivity contribution >= 4 is 0 Å². The average molecular weight is 358 g/mol. The molecule has 0 N–H and O–H groups in total. The molecule has 2 aromatic rings. The Labute approximate surface area is 151 Å². The molecule has 0 spiro atoms. The van der Waals surface area contributed by atoms with Gasteiger partial charge in [0.2, 0.25) is 0 Å². The average Bonchev–Trinajstić information content (AvgIpc) is 2.84. The molecule has 1 aromatic heterocycles. The third-order valence-electron chi connectivity index (χ3n) is 6.95. The van der Waals surface area contributed by atoms with Gasteiger partial charge in [-0.3, -0.25) is 9.48 Å². The Morgan fingerprint density at radius 1 is 1.31 bits per heavy atom. The maximum absolute atomic E-state index is 14.5. The minimum Gasteiger partial charge on any atom is -0.277 e. The molecule has 2 bridgehead atoms. The summed E-state index contributed by atoms with van der Waals surface area (Å²) >= 11 is 0. The molecule has 5 heteroatoms. The molecule has 2 aliphatic carbocycles. The smallest absolute Gasteiger partial charge is 0.275 e. The molecule has 1 saturated carbocycles. The first-order valence-corrected chi connectivity index (χ1v) is 9.16. The lowest BCUT2D eigenvalue weighted by Gasteiger charge is -2.46. The van der Waals surface area contributed by atoms with Crippen molar-refractivity contribution in [3.8, 4) is 5.69 Å². The van der Waals surface area contributed by atoms with Crippen LogP contribution in [0.2, 0.25) is 0 Å². The zero-order valence-electron chi connectivity index (χ0n) is 15.5. The quantitative estimate of drug-likeness (QED) is 0.733. The molecule has 1 fully saturated rings. The van der Waals surface area contributed by atoms with Crippen LogP contribution in [-0.4, -0.2) is 9.36 Å². The highest BCUT2D eigenvalue weighted by Gasteiger charge is 2.60. The number of benzene rings is 1. The lowest BCUT2D eigenvalue weighted by Crippen LogP contribution is -2.43. The van der Waals surface area contributed by atoms with Crippen molar-refractivity contribution in [2.75, 3.05) is 0 Å². The second-order valence-electron chi connectivity index (χ2n) is 8.34. The summed E-state index contributed by atoms with van der Waals surface area (Å²) in [5.74, 6) is -1.23. The van der Waals surface area contributed by atoms with Crippen molar-refractivity contribution in [3.63, 3.8) is 0 Å². The number of aromatic nitrogens is 2. The van der Waals surface area contributed by atoms with Crippen molar-refractivity contribution in [2.45, 2.75) is 57.9 Å². The van der Waals surface area contributed by atoms with Crippen LogP contribution in [0.4, 0.5) is 8.78 Å². The lowest BCUT2D eigenvalue weighted by atomic mass is 9.58. The van der Waals surface area contributed by atoms with Gasteiger partial charge in [0.15, 0.2) is 5.82 Å². The molecule has 2 aliphatic rings. The topological polar surface area (TPSA) is 26.9 Å². The first-order chi connectivity index (χ1) is 12.2. The van der Waals surface area contributed by atoms with Crippen LogP contribution in [0.15, 0.2) is 35.6 Å². The molecule has 0 amide bonds. The number of halogens is 2. The van der Waals surface area contributed by atoms with Crippen molar-refractivity contribution in [3.05, 3.63) is 64.1 Å². The minimum absolute atomic E-state index is 0.0293. The summed E-state index contributed by atoms with van der Waals surface area (Å²) < 4.78 is 31.1. The second kappa shape index (κ2) is 5.41. The summed E-state index contributed by atoms with van der Waals surface area (Å²) in [5, 5.41) is 0. The summed E-state index contributed by atoms with van der Waals surface area (Å²) in [4.78, 5) is 13.4. The summed E-state index contributed by atoms with van der Waals surface area (Å²) in [6.07, 6.45) is 4.76. The molecule has 4 rings (SSSR count). The van der Waals surface area contributed by atoms with E-state index in [9.17, 15) is 13.6 Å². The molecule has 1 heterocycles. The van der Waals surface area contributed by atoms with Crippen LogP contribution in [0, 0.1) is 17.0 Å². The zero-order valence-corrected chi connectivity index (χ0v) is 15.5. The van der Waals surface area contributed by atoms with Gasteiger partial charge in [0, 0.05) is 17.0 Å². The number of nitrogens with zero attached hydrogens (tertiary/aromatic N) is 2. The highest BCUT2D eigenvalue weighted by atomic mass is 19.1.